The minimum absolute atomic E-state index is 0.197. The quantitative estimate of drug-likeness (QED) is 0.418. The Morgan fingerprint density at radius 1 is 1.13 bits per heavy atom. The molecule has 2 aromatic heterocycles. The second-order valence-electron chi connectivity index (χ2n) is 6.87. The number of rotatable bonds is 9. The maximum absolute atomic E-state index is 5.42. The minimum atomic E-state index is 0.197. The predicted octanol–water partition coefficient (Wildman–Crippen LogP) is 2.49. The lowest BCUT2D eigenvalue weighted by Gasteiger charge is -2.31. The highest BCUT2D eigenvalue weighted by molar-refractivity contribution is 5.79. The number of aromatic nitrogens is 3. The second kappa shape index (κ2) is 10.6. The van der Waals surface area contributed by atoms with Gasteiger partial charge in [0.1, 0.15) is 5.75 Å². The Morgan fingerprint density at radius 2 is 1.97 bits per heavy atom. The van der Waals surface area contributed by atoms with Crippen LogP contribution in [0.25, 0.3) is 5.65 Å². The highest BCUT2D eigenvalue weighted by Gasteiger charge is 2.19. The Kier molecular flexibility index (Phi) is 7.62. The lowest BCUT2D eigenvalue weighted by Crippen LogP contribution is -2.43. The number of fused-ring (bicyclic) bond motifs is 1. The number of hydrogen-bond donors (Lipinski definition) is 2. The molecule has 160 valence electrons. The van der Waals surface area contributed by atoms with E-state index in [0.717, 1.165) is 42.8 Å². The van der Waals surface area contributed by atoms with E-state index >= 15 is 0 Å². The molecule has 0 saturated carbocycles. The van der Waals surface area contributed by atoms with E-state index in [-0.39, 0.29) is 6.04 Å². The average molecular weight is 410 g/mol. The molecule has 0 bridgehead atoms. The van der Waals surface area contributed by atoms with Crippen LogP contribution < -0.4 is 15.4 Å². The minimum Gasteiger partial charge on any atom is -0.497 e. The summed E-state index contributed by atoms with van der Waals surface area (Å²) in [6.45, 7) is 7.52. The Morgan fingerprint density at radius 3 is 2.70 bits per heavy atom. The first-order valence-electron chi connectivity index (χ1n) is 10.3. The lowest BCUT2D eigenvalue weighted by molar-refractivity contribution is 0.218. The van der Waals surface area contributed by atoms with Crippen molar-refractivity contribution in [1.29, 1.82) is 0 Å². The molecule has 0 aliphatic rings. The molecule has 8 nitrogen and oxygen atoms in total. The zero-order valence-electron chi connectivity index (χ0n) is 18.2. The number of nitrogens with zero attached hydrogens (tertiary/aromatic N) is 5. The summed E-state index contributed by atoms with van der Waals surface area (Å²) in [5.74, 6) is 2.43. The largest absolute Gasteiger partial charge is 0.497 e. The smallest absolute Gasteiger partial charge is 0.191 e. The Balaban J connectivity index is 1.68. The maximum Gasteiger partial charge on any atom is 0.191 e. The van der Waals surface area contributed by atoms with Gasteiger partial charge in [-0.1, -0.05) is 32.0 Å². The van der Waals surface area contributed by atoms with Gasteiger partial charge in [0, 0.05) is 19.8 Å². The molecule has 1 aromatic carbocycles. The molecular weight excluding hydrogens is 378 g/mol. The third kappa shape index (κ3) is 5.07. The first kappa shape index (κ1) is 21.6. The van der Waals surface area contributed by atoms with E-state index in [9.17, 15) is 0 Å². The van der Waals surface area contributed by atoms with Crippen LogP contribution in [-0.4, -0.2) is 59.2 Å². The first-order valence-corrected chi connectivity index (χ1v) is 10.3. The van der Waals surface area contributed by atoms with E-state index in [4.69, 9.17) is 4.74 Å². The van der Waals surface area contributed by atoms with Gasteiger partial charge in [-0.2, -0.15) is 0 Å². The molecule has 3 rings (SSSR count). The summed E-state index contributed by atoms with van der Waals surface area (Å²) >= 11 is 0. The molecule has 2 N–H and O–H groups in total. The Labute approximate surface area is 178 Å². The molecule has 0 fully saturated rings. The third-order valence-electron chi connectivity index (χ3n) is 5.22. The summed E-state index contributed by atoms with van der Waals surface area (Å²) in [6, 6.07) is 14.3. The number of hydrogen-bond acceptors (Lipinski definition) is 5. The van der Waals surface area contributed by atoms with Gasteiger partial charge in [0.2, 0.25) is 0 Å². The van der Waals surface area contributed by atoms with Gasteiger partial charge in [0.15, 0.2) is 17.4 Å². The van der Waals surface area contributed by atoms with Gasteiger partial charge in [-0.15, -0.1) is 10.2 Å². The zero-order chi connectivity index (χ0) is 21.3. The number of nitrogens with one attached hydrogen (secondary N) is 2. The van der Waals surface area contributed by atoms with Gasteiger partial charge in [-0.25, -0.2) is 0 Å². The van der Waals surface area contributed by atoms with E-state index in [1.807, 2.05) is 40.9 Å². The first-order chi connectivity index (χ1) is 14.7. The van der Waals surface area contributed by atoms with E-state index < -0.39 is 0 Å². The van der Waals surface area contributed by atoms with Crippen LogP contribution in [0.5, 0.6) is 5.75 Å². The van der Waals surface area contributed by atoms with Gasteiger partial charge in [0.05, 0.1) is 19.7 Å². The van der Waals surface area contributed by atoms with Crippen molar-refractivity contribution in [2.24, 2.45) is 4.99 Å². The highest BCUT2D eigenvalue weighted by atomic mass is 16.5. The number of likely N-dealkylation sites (N-methyl/N-ethyl adjacent to an activating group) is 1. The molecule has 8 heteroatoms. The number of pyridine rings is 1. The molecule has 1 atom stereocenters. The highest BCUT2D eigenvalue weighted by Crippen LogP contribution is 2.23. The number of ether oxygens (including phenoxy) is 1. The lowest BCUT2D eigenvalue weighted by atomic mass is 10.0. The van der Waals surface area contributed by atoms with Crippen molar-refractivity contribution >= 4 is 11.6 Å². The standard InChI is InChI=1S/C22H31N7O/c1-5-28(6-2)19(17-10-9-11-18(14-17)30-4)15-24-22(23-3)25-16-21-27-26-20-12-7-8-13-29(20)21/h7-14,19H,5-6,15-16H2,1-4H3,(H2,23,24,25). The van der Waals surface area contributed by atoms with E-state index in [2.05, 4.69) is 56.7 Å². The van der Waals surface area contributed by atoms with Crippen molar-refractivity contribution in [3.8, 4) is 5.75 Å². The molecule has 0 amide bonds. The van der Waals surface area contributed by atoms with Crippen LogP contribution >= 0.6 is 0 Å². The summed E-state index contributed by atoms with van der Waals surface area (Å²) in [5.41, 5.74) is 2.04. The van der Waals surface area contributed by atoms with Crippen molar-refractivity contribution in [3.63, 3.8) is 0 Å². The van der Waals surface area contributed by atoms with Gasteiger partial charge in [-0.05, 0) is 42.9 Å². The van der Waals surface area contributed by atoms with E-state index in [1.54, 1.807) is 14.2 Å². The van der Waals surface area contributed by atoms with Gasteiger partial charge in [0.25, 0.3) is 0 Å². The molecule has 1 unspecified atom stereocenters. The molecule has 2 heterocycles. The van der Waals surface area contributed by atoms with E-state index in [0.29, 0.717) is 6.54 Å². The van der Waals surface area contributed by atoms with Crippen molar-refractivity contribution < 1.29 is 4.74 Å². The van der Waals surface area contributed by atoms with Crippen molar-refractivity contribution in [3.05, 3.63) is 60.0 Å². The Bertz CT molecular complexity index is 965. The van der Waals surface area contributed by atoms with Crippen LogP contribution in [0.15, 0.2) is 53.7 Å². The van der Waals surface area contributed by atoms with Crippen LogP contribution in [0.4, 0.5) is 0 Å². The summed E-state index contributed by atoms with van der Waals surface area (Å²) in [4.78, 5) is 6.79. The average Bonchev–Trinajstić information content (AvgIpc) is 3.21. The number of aliphatic imine (C=N–C) groups is 1. The molecule has 0 radical (unpaired) electrons. The van der Waals surface area contributed by atoms with Gasteiger partial charge < -0.3 is 15.4 Å². The fourth-order valence-corrected chi connectivity index (χ4v) is 3.56. The fourth-order valence-electron chi connectivity index (χ4n) is 3.56. The number of methoxy groups -OCH3 is 1. The SMILES string of the molecule is CCN(CC)C(CNC(=NC)NCc1nnc2ccccn12)c1cccc(OC)c1. The fraction of sp³-hybridized carbons (Fsp3) is 0.409. The van der Waals surface area contributed by atoms with Crippen molar-refractivity contribution in [2.45, 2.75) is 26.4 Å². The predicted molar refractivity (Wildman–Crippen MR) is 120 cm³/mol. The topological polar surface area (TPSA) is 79.1 Å². The van der Waals surface area contributed by atoms with Gasteiger partial charge in [-0.3, -0.25) is 14.3 Å². The van der Waals surface area contributed by atoms with Crippen LogP contribution in [0.2, 0.25) is 0 Å². The molecule has 3 aromatic rings. The molecule has 0 saturated heterocycles. The number of benzene rings is 1. The normalized spacial score (nSPS) is 12.9. The monoisotopic (exact) mass is 409 g/mol. The summed E-state index contributed by atoms with van der Waals surface area (Å²) in [5, 5.41) is 15.3. The third-order valence-corrected chi connectivity index (χ3v) is 5.22. The van der Waals surface area contributed by atoms with Crippen LogP contribution in [-0.2, 0) is 6.54 Å². The van der Waals surface area contributed by atoms with Gasteiger partial charge >= 0.3 is 0 Å². The second-order valence-corrected chi connectivity index (χ2v) is 6.87. The van der Waals surface area contributed by atoms with Crippen LogP contribution in [0.1, 0.15) is 31.3 Å². The molecule has 0 aliphatic carbocycles. The van der Waals surface area contributed by atoms with Crippen molar-refractivity contribution in [2.75, 3.05) is 33.8 Å². The summed E-state index contributed by atoms with van der Waals surface area (Å²) in [6.07, 6.45) is 1.96. The number of guanidine groups is 1. The Hall–Kier alpha value is -3.13. The maximum atomic E-state index is 5.42. The molecule has 0 aliphatic heterocycles. The molecule has 0 spiro atoms. The zero-order valence-corrected chi connectivity index (χ0v) is 18.2. The van der Waals surface area contributed by atoms with Crippen LogP contribution in [0, 0.1) is 0 Å². The molecular formula is C22H31N7O. The van der Waals surface area contributed by atoms with Crippen molar-refractivity contribution in [1.82, 2.24) is 30.1 Å². The summed E-state index contributed by atoms with van der Waals surface area (Å²) < 4.78 is 7.39. The molecule has 30 heavy (non-hydrogen) atoms. The van der Waals surface area contributed by atoms with Crippen LogP contribution in [0.3, 0.4) is 0 Å². The van der Waals surface area contributed by atoms with E-state index in [1.165, 1.54) is 5.56 Å². The summed E-state index contributed by atoms with van der Waals surface area (Å²) in [7, 11) is 3.47.